The van der Waals surface area contributed by atoms with Crippen LogP contribution < -0.4 is 0 Å². The highest BCUT2D eigenvalue weighted by atomic mass is 32.1. The molecular formula is C7H5NS. The molecule has 0 N–H and O–H groups in total. The summed E-state index contributed by atoms with van der Waals surface area (Å²) in [6.07, 6.45) is 0. The largest absolute Gasteiger partial charge is 0.192 e. The Labute approximate surface area is 59.3 Å². The lowest BCUT2D eigenvalue weighted by Gasteiger charge is -1.89. The summed E-state index contributed by atoms with van der Waals surface area (Å²) in [6, 6.07) is 9.22. The zero-order valence-corrected chi connectivity index (χ0v) is 5.60. The van der Waals surface area contributed by atoms with Gasteiger partial charge in [-0.1, -0.05) is 12.1 Å². The van der Waals surface area contributed by atoms with Crippen LogP contribution in [0.3, 0.4) is 0 Å². The number of benzene rings is 1. The molecule has 0 unspecified atom stereocenters. The first-order valence-electron chi connectivity index (χ1n) is 2.52. The number of rotatable bonds is 0. The molecule has 0 aliphatic carbocycles. The van der Waals surface area contributed by atoms with Crippen LogP contribution in [-0.2, 0) is 0 Å². The first kappa shape index (κ1) is 6.18. The molecule has 0 aliphatic heterocycles. The summed E-state index contributed by atoms with van der Waals surface area (Å²) in [6.45, 7) is 0. The van der Waals surface area contributed by atoms with Gasteiger partial charge in [0.25, 0.3) is 0 Å². The summed E-state index contributed by atoms with van der Waals surface area (Å²) >= 11 is 4.06. The summed E-state index contributed by atoms with van der Waals surface area (Å²) < 4.78 is 0. The predicted octanol–water partition coefficient (Wildman–Crippen LogP) is 1.85. The molecular weight excluding hydrogens is 130 g/mol. The standard InChI is InChI=1S/C7H5NS/c8-5-6-3-1-2-4-7(6)9/h1-4,9H. The van der Waals surface area contributed by atoms with E-state index in [2.05, 4.69) is 12.6 Å². The third-order valence-electron chi connectivity index (χ3n) is 1.02. The van der Waals surface area contributed by atoms with Crippen molar-refractivity contribution in [2.75, 3.05) is 0 Å². The van der Waals surface area contributed by atoms with Crippen molar-refractivity contribution in [1.29, 1.82) is 5.26 Å². The number of nitriles is 1. The maximum atomic E-state index is 8.42. The Morgan fingerprint density at radius 3 is 2.44 bits per heavy atom. The Bertz CT molecular complexity index is 249. The molecule has 0 spiro atoms. The molecule has 0 bridgehead atoms. The number of nitrogens with zero attached hydrogens (tertiary/aromatic N) is 1. The van der Waals surface area contributed by atoms with E-state index in [-0.39, 0.29) is 0 Å². The van der Waals surface area contributed by atoms with Crippen molar-refractivity contribution in [1.82, 2.24) is 0 Å². The van der Waals surface area contributed by atoms with Gasteiger partial charge in [0.05, 0.1) is 5.56 Å². The summed E-state index contributed by atoms with van der Waals surface area (Å²) in [5.74, 6) is 0. The highest BCUT2D eigenvalue weighted by Gasteiger charge is 1.91. The molecule has 0 saturated heterocycles. The van der Waals surface area contributed by atoms with E-state index in [1.165, 1.54) is 0 Å². The van der Waals surface area contributed by atoms with Gasteiger partial charge >= 0.3 is 0 Å². The van der Waals surface area contributed by atoms with Gasteiger partial charge in [-0.2, -0.15) is 5.26 Å². The molecule has 1 rings (SSSR count). The normalized spacial score (nSPS) is 8.44. The molecule has 0 atom stereocenters. The minimum Gasteiger partial charge on any atom is -0.192 e. The monoisotopic (exact) mass is 135 g/mol. The molecule has 44 valence electrons. The third-order valence-corrected chi connectivity index (χ3v) is 1.41. The minimum atomic E-state index is 0.626. The van der Waals surface area contributed by atoms with Crippen molar-refractivity contribution in [3.63, 3.8) is 0 Å². The maximum Gasteiger partial charge on any atom is 0.100 e. The summed E-state index contributed by atoms with van der Waals surface area (Å²) in [4.78, 5) is 0.736. The lowest BCUT2D eigenvalue weighted by Crippen LogP contribution is -1.73. The fourth-order valence-corrected chi connectivity index (χ4v) is 0.779. The van der Waals surface area contributed by atoms with E-state index in [0.717, 1.165) is 4.90 Å². The van der Waals surface area contributed by atoms with E-state index in [4.69, 9.17) is 5.26 Å². The van der Waals surface area contributed by atoms with Gasteiger partial charge in [0.2, 0.25) is 0 Å². The second-order valence-corrected chi connectivity index (χ2v) is 2.11. The summed E-state index contributed by atoms with van der Waals surface area (Å²) in [7, 11) is 0. The van der Waals surface area contributed by atoms with Crippen LogP contribution >= 0.6 is 12.6 Å². The van der Waals surface area contributed by atoms with Crippen LogP contribution in [0, 0.1) is 11.3 Å². The van der Waals surface area contributed by atoms with Crippen molar-refractivity contribution in [3.05, 3.63) is 29.8 Å². The van der Waals surface area contributed by atoms with Gasteiger partial charge < -0.3 is 0 Å². The maximum absolute atomic E-state index is 8.42. The van der Waals surface area contributed by atoms with Crippen molar-refractivity contribution in [2.45, 2.75) is 4.90 Å². The second-order valence-electron chi connectivity index (χ2n) is 1.63. The average molecular weight is 135 g/mol. The van der Waals surface area contributed by atoms with Crippen molar-refractivity contribution in [2.24, 2.45) is 0 Å². The van der Waals surface area contributed by atoms with E-state index in [0.29, 0.717) is 5.56 Å². The van der Waals surface area contributed by atoms with Gasteiger partial charge in [-0.3, -0.25) is 0 Å². The van der Waals surface area contributed by atoms with Gasteiger partial charge in [-0.25, -0.2) is 0 Å². The fourth-order valence-electron chi connectivity index (χ4n) is 0.568. The quantitative estimate of drug-likeness (QED) is 0.539. The van der Waals surface area contributed by atoms with Crippen LogP contribution in [0.15, 0.2) is 29.2 Å². The number of hydrogen-bond donors (Lipinski definition) is 1. The Balaban J connectivity index is 3.20. The van der Waals surface area contributed by atoms with E-state index in [1.807, 2.05) is 18.2 Å². The fraction of sp³-hybridized carbons (Fsp3) is 0. The summed E-state index contributed by atoms with van der Waals surface area (Å²) in [5.41, 5.74) is 0.626. The topological polar surface area (TPSA) is 23.8 Å². The van der Waals surface area contributed by atoms with Gasteiger partial charge in [0, 0.05) is 4.90 Å². The molecule has 0 amide bonds. The zero-order valence-electron chi connectivity index (χ0n) is 4.70. The Kier molecular flexibility index (Phi) is 1.76. The van der Waals surface area contributed by atoms with Gasteiger partial charge in [-0.05, 0) is 12.1 Å². The molecule has 1 nitrogen and oxygen atoms in total. The van der Waals surface area contributed by atoms with Crippen LogP contribution in [0.2, 0.25) is 0 Å². The van der Waals surface area contributed by atoms with Gasteiger partial charge in [0.1, 0.15) is 6.07 Å². The number of thiol groups is 1. The second kappa shape index (κ2) is 2.56. The molecule has 1 aromatic carbocycles. The van der Waals surface area contributed by atoms with E-state index >= 15 is 0 Å². The molecule has 9 heavy (non-hydrogen) atoms. The highest BCUT2D eigenvalue weighted by Crippen LogP contribution is 2.10. The van der Waals surface area contributed by atoms with Crippen LogP contribution in [0.5, 0.6) is 0 Å². The molecule has 0 fully saturated rings. The van der Waals surface area contributed by atoms with Crippen molar-refractivity contribution >= 4 is 12.6 Å². The average Bonchev–Trinajstić information content (AvgIpc) is 1.89. The first-order chi connectivity index (χ1) is 4.34. The lowest BCUT2D eigenvalue weighted by molar-refractivity contribution is 1.38. The molecule has 1 aromatic rings. The zero-order chi connectivity index (χ0) is 6.69. The van der Waals surface area contributed by atoms with Crippen LogP contribution in [0.4, 0.5) is 0 Å². The molecule has 0 heterocycles. The van der Waals surface area contributed by atoms with Crippen LogP contribution in [0.1, 0.15) is 5.56 Å². The van der Waals surface area contributed by atoms with Crippen LogP contribution in [0.25, 0.3) is 0 Å². The predicted molar refractivity (Wildman–Crippen MR) is 38.4 cm³/mol. The third kappa shape index (κ3) is 1.24. The van der Waals surface area contributed by atoms with Crippen molar-refractivity contribution < 1.29 is 0 Å². The Morgan fingerprint density at radius 2 is 2.00 bits per heavy atom. The molecule has 2 heteroatoms. The van der Waals surface area contributed by atoms with E-state index < -0.39 is 0 Å². The number of hydrogen-bond acceptors (Lipinski definition) is 2. The molecule has 0 aliphatic rings. The molecule has 0 saturated carbocycles. The summed E-state index contributed by atoms with van der Waals surface area (Å²) in [5, 5.41) is 8.42. The van der Waals surface area contributed by atoms with E-state index in [1.54, 1.807) is 12.1 Å². The first-order valence-corrected chi connectivity index (χ1v) is 2.97. The molecule has 0 aromatic heterocycles. The smallest absolute Gasteiger partial charge is 0.100 e. The van der Waals surface area contributed by atoms with Gasteiger partial charge in [0.15, 0.2) is 0 Å². The molecule has 0 radical (unpaired) electrons. The highest BCUT2D eigenvalue weighted by molar-refractivity contribution is 7.80. The SMILES string of the molecule is N#Cc1ccccc1S. The van der Waals surface area contributed by atoms with E-state index in [9.17, 15) is 0 Å². The van der Waals surface area contributed by atoms with Gasteiger partial charge in [-0.15, -0.1) is 12.6 Å². The Hall–Kier alpha value is -0.940. The lowest BCUT2D eigenvalue weighted by atomic mass is 10.2. The van der Waals surface area contributed by atoms with Crippen LogP contribution in [-0.4, -0.2) is 0 Å². The Morgan fingerprint density at radius 1 is 1.33 bits per heavy atom. The minimum absolute atomic E-state index is 0.626. The van der Waals surface area contributed by atoms with Crippen molar-refractivity contribution in [3.8, 4) is 6.07 Å².